The van der Waals surface area contributed by atoms with Gasteiger partial charge in [0.2, 0.25) is 0 Å². The molecule has 3 aliphatic rings. The number of nitrogens with zero attached hydrogens (tertiary/aromatic N) is 3. The SMILES string of the molecule is Cc1c(NC(=O)N2CC(N3CCCC[C@@H]3C)C2)cccc1N1CCCC1. The minimum Gasteiger partial charge on any atom is -0.371 e. The number of piperidine rings is 1. The molecule has 3 fully saturated rings. The van der Waals surface area contributed by atoms with Gasteiger partial charge in [-0.15, -0.1) is 0 Å². The fourth-order valence-electron chi connectivity index (χ4n) is 4.75. The summed E-state index contributed by atoms with van der Waals surface area (Å²) in [6.45, 7) is 9.62. The predicted octanol–water partition coefficient (Wildman–Crippen LogP) is 3.69. The van der Waals surface area contributed by atoms with Crippen molar-refractivity contribution in [3.05, 3.63) is 23.8 Å². The van der Waals surface area contributed by atoms with Crippen LogP contribution in [0.15, 0.2) is 18.2 Å². The van der Waals surface area contributed by atoms with Crippen LogP contribution in [0.3, 0.4) is 0 Å². The van der Waals surface area contributed by atoms with Gasteiger partial charge >= 0.3 is 6.03 Å². The monoisotopic (exact) mass is 356 g/mol. The lowest BCUT2D eigenvalue weighted by atomic mass is 9.98. The average Bonchev–Trinajstić information content (AvgIpc) is 3.11. The molecule has 1 aromatic carbocycles. The molecule has 2 amide bonds. The Kier molecular flexibility index (Phi) is 5.07. The molecule has 1 aromatic rings. The Bertz CT molecular complexity index is 649. The molecule has 0 saturated carbocycles. The van der Waals surface area contributed by atoms with E-state index in [0.29, 0.717) is 12.1 Å². The summed E-state index contributed by atoms with van der Waals surface area (Å²) in [4.78, 5) is 19.7. The summed E-state index contributed by atoms with van der Waals surface area (Å²) in [7, 11) is 0. The van der Waals surface area contributed by atoms with E-state index < -0.39 is 0 Å². The average molecular weight is 357 g/mol. The van der Waals surface area contributed by atoms with Crippen molar-refractivity contribution >= 4 is 17.4 Å². The number of urea groups is 1. The van der Waals surface area contributed by atoms with E-state index in [1.165, 1.54) is 49.9 Å². The van der Waals surface area contributed by atoms with Crippen molar-refractivity contribution in [2.45, 2.75) is 58.0 Å². The molecule has 5 heteroatoms. The maximum atomic E-state index is 12.7. The quantitative estimate of drug-likeness (QED) is 0.898. The Morgan fingerprint density at radius 2 is 1.81 bits per heavy atom. The highest BCUT2D eigenvalue weighted by atomic mass is 16.2. The Morgan fingerprint density at radius 1 is 1.08 bits per heavy atom. The first kappa shape index (κ1) is 17.7. The first-order valence-corrected chi connectivity index (χ1v) is 10.3. The Balaban J connectivity index is 1.35. The normalized spacial score (nSPS) is 24.6. The van der Waals surface area contributed by atoms with Crippen LogP contribution in [0, 0.1) is 6.92 Å². The van der Waals surface area contributed by atoms with Crippen LogP contribution in [-0.2, 0) is 0 Å². The van der Waals surface area contributed by atoms with Crippen molar-refractivity contribution in [3.8, 4) is 0 Å². The van der Waals surface area contributed by atoms with Gasteiger partial charge in [0.15, 0.2) is 0 Å². The van der Waals surface area contributed by atoms with Crippen LogP contribution in [0.25, 0.3) is 0 Å². The molecule has 1 N–H and O–H groups in total. The summed E-state index contributed by atoms with van der Waals surface area (Å²) in [6, 6.07) is 7.52. The second-order valence-corrected chi connectivity index (χ2v) is 8.22. The number of carbonyl (C=O) groups is 1. The third-order valence-corrected chi connectivity index (χ3v) is 6.47. The molecule has 0 aliphatic carbocycles. The number of likely N-dealkylation sites (tertiary alicyclic amines) is 2. The van der Waals surface area contributed by atoms with Gasteiger partial charge in [-0.25, -0.2) is 4.79 Å². The molecule has 1 atom stereocenters. The van der Waals surface area contributed by atoms with Crippen LogP contribution >= 0.6 is 0 Å². The van der Waals surface area contributed by atoms with E-state index in [1.807, 2.05) is 11.0 Å². The highest BCUT2D eigenvalue weighted by Crippen LogP contribution is 2.30. The van der Waals surface area contributed by atoms with Crippen LogP contribution in [0.2, 0.25) is 0 Å². The van der Waals surface area contributed by atoms with E-state index in [-0.39, 0.29) is 6.03 Å². The summed E-state index contributed by atoms with van der Waals surface area (Å²) < 4.78 is 0. The molecular weight excluding hydrogens is 324 g/mol. The van der Waals surface area contributed by atoms with E-state index in [1.54, 1.807) is 0 Å². The second kappa shape index (κ2) is 7.47. The van der Waals surface area contributed by atoms with Crippen molar-refractivity contribution in [2.75, 3.05) is 42.9 Å². The van der Waals surface area contributed by atoms with E-state index >= 15 is 0 Å². The summed E-state index contributed by atoms with van der Waals surface area (Å²) >= 11 is 0. The lowest BCUT2D eigenvalue weighted by molar-refractivity contribution is 0.0199. The fourth-order valence-corrected chi connectivity index (χ4v) is 4.75. The van der Waals surface area contributed by atoms with Gasteiger partial charge in [0.1, 0.15) is 0 Å². The topological polar surface area (TPSA) is 38.8 Å². The van der Waals surface area contributed by atoms with Gasteiger partial charge in [0.05, 0.1) is 0 Å². The minimum absolute atomic E-state index is 0.0487. The maximum Gasteiger partial charge on any atom is 0.321 e. The smallest absolute Gasteiger partial charge is 0.321 e. The highest BCUT2D eigenvalue weighted by molar-refractivity contribution is 5.91. The second-order valence-electron chi connectivity index (χ2n) is 8.22. The van der Waals surface area contributed by atoms with Crippen molar-refractivity contribution < 1.29 is 4.79 Å². The molecule has 0 radical (unpaired) electrons. The third-order valence-electron chi connectivity index (χ3n) is 6.47. The molecule has 0 spiro atoms. The van der Waals surface area contributed by atoms with Crippen molar-refractivity contribution in [1.82, 2.24) is 9.80 Å². The zero-order chi connectivity index (χ0) is 18.1. The number of hydrogen-bond donors (Lipinski definition) is 1. The third kappa shape index (κ3) is 3.41. The molecule has 3 aliphatic heterocycles. The Labute approximate surface area is 157 Å². The lowest BCUT2D eigenvalue weighted by Gasteiger charge is -2.49. The molecule has 5 nitrogen and oxygen atoms in total. The predicted molar refractivity (Wildman–Crippen MR) is 107 cm³/mol. The number of hydrogen-bond acceptors (Lipinski definition) is 3. The van der Waals surface area contributed by atoms with Gasteiger partial charge < -0.3 is 15.1 Å². The lowest BCUT2D eigenvalue weighted by Crippen LogP contribution is -2.64. The summed E-state index contributed by atoms with van der Waals surface area (Å²) in [6.07, 6.45) is 6.47. The van der Waals surface area contributed by atoms with E-state index in [4.69, 9.17) is 0 Å². The zero-order valence-electron chi connectivity index (χ0n) is 16.2. The van der Waals surface area contributed by atoms with Crippen molar-refractivity contribution in [1.29, 1.82) is 0 Å². The van der Waals surface area contributed by atoms with E-state index in [0.717, 1.165) is 31.9 Å². The molecule has 4 rings (SSSR count). The number of anilines is 2. The molecule has 3 heterocycles. The number of rotatable bonds is 3. The number of amides is 2. The molecule has 142 valence electrons. The molecule has 0 bridgehead atoms. The van der Waals surface area contributed by atoms with Gasteiger partial charge in [-0.3, -0.25) is 4.90 Å². The molecule has 0 unspecified atom stereocenters. The number of benzene rings is 1. The van der Waals surface area contributed by atoms with Crippen LogP contribution in [0.4, 0.5) is 16.2 Å². The first-order valence-electron chi connectivity index (χ1n) is 10.3. The van der Waals surface area contributed by atoms with Gasteiger partial charge in [0.25, 0.3) is 0 Å². The molecule has 3 saturated heterocycles. The summed E-state index contributed by atoms with van der Waals surface area (Å²) in [5.74, 6) is 0. The van der Waals surface area contributed by atoms with Crippen LogP contribution in [0.1, 0.15) is 44.6 Å². The van der Waals surface area contributed by atoms with Gasteiger partial charge in [-0.05, 0) is 63.8 Å². The summed E-state index contributed by atoms with van der Waals surface area (Å²) in [5.41, 5.74) is 3.41. The molecular formula is C21H32N4O. The molecule has 0 aromatic heterocycles. The van der Waals surface area contributed by atoms with E-state index in [2.05, 4.69) is 41.1 Å². The maximum absolute atomic E-state index is 12.7. The summed E-state index contributed by atoms with van der Waals surface area (Å²) in [5, 5.41) is 3.15. The van der Waals surface area contributed by atoms with Gasteiger partial charge in [0, 0.05) is 49.6 Å². The van der Waals surface area contributed by atoms with Crippen LogP contribution in [-0.4, -0.2) is 60.6 Å². The largest absolute Gasteiger partial charge is 0.371 e. The highest BCUT2D eigenvalue weighted by Gasteiger charge is 2.37. The first-order chi connectivity index (χ1) is 12.6. The Morgan fingerprint density at radius 3 is 2.54 bits per heavy atom. The van der Waals surface area contributed by atoms with Crippen molar-refractivity contribution in [2.24, 2.45) is 0 Å². The number of carbonyl (C=O) groups excluding carboxylic acids is 1. The van der Waals surface area contributed by atoms with Crippen LogP contribution in [0.5, 0.6) is 0 Å². The zero-order valence-corrected chi connectivity index (χ0v) is 16.2. The van der Waals surface area contributed by atoms with E-state index in [9.17, 15) is 4.79 Å². The number of nitrogens with one attached hydrogen (secondary N) is 1. The standard InChI is InChI=1S/C21H32N4O/c1-16-8-3-4-13-25(16)18-14-24(15-18)21(26)22-19-9-7-10-20(17(19)2)23-11-5-6-12-23/h7,9-10,16,18H,3-6,8,11-15H2,1-2H3,(H,22,26)/t16-/m0/s1. The Hall–Kier alpha value is -1.75. The van der Waals surface area contributed by atoms with Gasteiger partial charge in [-0.1, -0.05) is 12.5 Å². The molecule has 26 heavy (non-hydrogen) atoms. The fraction of sp³-hybridized carbons (Fsp3) is 0.667. The minimum atomic E-state index is 0.0487. The van der Waals surface area contributed by atoms with Crippen LogP contribution < -0.4 is 10.2 Å². The van der Waals surface area contributed by atoms with Crippen molar-refractivity contribution in [3.63, 3.8) is 0 Å². The van der Waals surface area contributed by atoms with Gasteiger partial charge in [-0.2, -0.15) is 0 Å².